The van der Waals surface area contributed by atoms with Gasteiger partial charge in [-0.15, -0.1) is 0 Å². The Morgan fingerprint density at radius 1 is 1.06 bits per heavy atom. The van der Waals surface area contributed by atoms with Crippen LogP contribution in [-0.4, -0.2) is 57.0 Å². The van der Waals surface area contributed by atoms with Crippen LogP contribution in [0.4, 0.5) is 11.4 Å². The number of sulfonamides is 1. The molecule has 0 radical (unpaired) electrons. The molecule has 1 N–H and O–H groups in total. The summed E-state index contributed by atoms with van der Waals surface area (Å²) in [4.78, 5) is 15.3. The van der Waals surface area contributed by atoms with E-state index >= 15 is 0 Å². The van der Waals surface area contributed by atoms with Gasteiger partial charge < -0.3 is 15.0 Å². The van der Waals surface area contributed by atoms with Crippen LogP contribution < -0.4 is 10.2 Å². The number of carbonyl (C=O) groups excluding carboxylic acids is 1. The van der Waals surface area contributed by atoms with Crippen molar-refractivity contribution in [3.63, 3.8) is 0 Å². The van der Waals surface area contributed by atoms with Crippen LogP contribution in [-0.2, 0) is 14.8 Å². The second-order valence-corrected chi connectivity index (χ2v) is 11.2. The van der Waals surface area contributed by atoms with Gasteiger partial charge in [-0.25, -0.2) is 8.42 Å². The predicted molar refractivity (Wildman–Crippen MR) is 131 cm³/mol. The lowest BCUT2D eigenvalue weighted by Gasteiger charge is -2.34. The van der Waals surface area contributed by atoms with Crippen LogP contribution in [0.3, 0.4) is 0 Å². The first kappa shape index (κ1) is 24.0. The van der Waals surface area contributed by atoms with Gasteiger partial charge in [0.1, 0.15) is 4.90 Å². The van der Waals surface area contributed by atoms with Crippen molar-refractivity contribution in [2.75, 3.05) is 36.4 Å². The summed E-state index contributed by atoms with van der Waals surface area (Å²) in [5, 5.41) is 2.99. The zero-order chi connectivity index (χ0) is 23.8. The topological polar surface area (TPSA) is 79.0 Å². The Morgan fingerprint density at radius 3 is 2.36 bits per heavy atom. The molecule has 4 rings (SSSR count). The zero-order valence-corrected chi connectivity index (χ0v) is 20.7. The highest BCUT2D eigenvalue weighted by atomic mass is 35.5. The van der Waals surface area contributed by atoms with Gasteiger partial charge in [0.05, 0.1) is 17.2 Å². The summed E-state index contributed by atoms with van der Waals surface area (Å²) in [6, 6.07) is 10.3. The number of nitrogens with zero attached hydrogens (tertiary/aromatic N) is 2. The number of nitrogens with one attached hydrogen (secondary N) is 1. The zero-order valence-electron chi connectivity index (χ0n) is 19.2. The first-order valence-corrected chi connectivity index (χ1v) is 13.1. The number of morpholine rings is 1. The molecule has 33 heavy (non-hydrogen) atoms. The van der Waals surface area contributed by atoms with Crippen LogP contribution in [0.15, 0.2) is 41.3 Å². The molecule has 1 amide bonds. The van der Waals surface area contributed by atoms with E-state index in [9.17, 15) is 13.2 Å². The number of aryl methyl sites for hydroxylation is 1. The third kappa shape index (κ3) is 5.19. The van der Waals surface area contributed by atoms with Crippen molar-refractivity contribution < 1.29 is 17.9 Å². The Morgan fingerprint density at radius 2 is 1.73 bits per heavy atom. The second kappa shape index (κ2) is 9.62. The lowest BCUT2D eigenvalue weighted by Crippen LogP contribution is -2.48. The number of halogens is 1. The molecule has 2 unspecified atom stereocenters. The molecule has 0 spiro atoms. The van der Waals surface area contributed by atoms with E-state index in [-0.39, 0.29) is 46.7 Å². The molecule has 2 aliphatic heterocycles. The number of benzene rings is 2. The van der Waals surface area contributed by atoms with E-state index < -0.39 is 10.0 Å². The summed E-state index contributed by atoms with van der Waals surface area (Å²) >= 11 is 6.27. The molecule has 2 heterocycles. The average Bonchev–Trinajstić information content (AvgIpc) is 3.29. The number of anilines is 2. The van der Waals surface area contributed by atoms with Crippen LogP contribution >= 0.6 is 11.6 Å². The third-order valence-corrected chi connectivity index (χ3v) is 8.44. The van der Waals surface area contributed by atoms with Gasteiger partial charge in [-0.3, -0.25) is 4.79 Å². The Labute approximate surface area is 200 Å². The molecule has 2 aliphatic rings. The van der Waals surface area contributed by atoms with Crippen molar-refractivity contribution >= 4 is 38.9 Å². The number of amides is 1. The molecule has 2 atom stereocenters. The summed E-state index contributed by atoms with van der Waals surface area (Å²) in [5.41, 5.74) is 3.02. The van der Waals surface area contributed by atoms with E-state index in [1.165, 1.54) is 35.3 Å². The van der Waals surface area contributed by atoms with Crippen LogP contribution in [0.1, 0.15) is 42.6 Å². The number of hydrogen-bond donors (Lipinski definition) is 1. The Balaban J connectivity index is 1.55. The fraction of sp³-hybridized carbons (Fsp3) is 0.458. The van der Waals surface area contributed by atoms with Gasteiger partial charge in [0.2, 0.25) is 10.0 Å². The van der Waals surface area contributed by atoms with Crippen molar-refractivity contribution in [3.05, 3.63) is 52.5 Å². The van der Waals surface area contributed by atoms with E-state index in [4.69, 9.17) is 16.3 Å². The van der Waals surface area contributed by atoms with E-state index in [1.54, 1.807) is 0 Å². The maximum atomic E-state index is 13.3. The summed E-state index contributed by atoms with van der Waals surface area (Å²) in [7, 11) is -3.87. The fourth-order valence-electron chi connectivity index (χ4n) is 4.46. The predicted octanol–water partition coefficient (Wildman–Crippen LogP) is 4.30. The number of carbonyl (C=O) groups is 1. The van der Waals surface area contributed by atoms with Gasteiger partial charge in [-0.2, -0.15) is 4.31 Å². The molecule has 9 heteroatoms. The molecule has 2 fully saturated rings. The van der Waals surface area contributed by atoms with Crippen molar-refractivity contribution in [2.45, 2.75) is 50.7 Å². The van der Waals surface area contributed by atoms with Gasteiger partial charge in [0.25, 0.3) is 5.91 Å². The molecule has 0 saturated carbocycles. The molecule has 0 bridgehead atoms. The molecule has 178 valence electrons. The Kier molecular flexibility index (Phi) is 7.00. The normalized spacial score (nSPS) is 21.9. The SMILES string of the molecule is Cc1cc(N2CCCC2)ccc1NC(=O)c1ccc(Cl)c(S(=O)(=O)N2CC(C)OC(C)C2)c1. The lowest BCUT2D eigenvalue weighted by molar-refractivity contribution is -0.0440. The molecule has 2 aromatic carbocycles. The Bertz CT molecular complexity index is 1140. The van der Waals surface area contributed by atoms with Crippen LogP contribution in [0, 0.1) is 6.92 Å². The van der Waals surface area contributed by atoms with E-state index in [0.717, 1.165) is 24.3 Å². The maximum Gasteiger partial charge on any atom is 0.255 e. The maximum absolute atomic E-state index is 13.3. The molecule has 0 aromatic heterocycles. The highest BCUT2D eigenvalue weighted by Crippen LogP contribution is 2.29. The quantitative estimate of drug-likeness (QED) is 0.674. The third-order valence-electron chi connectivity index (χ3n) is 6.13. The Hall–Kier alpha value is -2.13. The highest BCUT2D eigenvalue weighted by Gasteiger charge is 2.34. The molecular weight excluding hydrogens is 462 g/mol. The van der Waals surface area contributed by atoms with E-state index in [1.807, 2.05) is 32.9 Å². The van der Waals surface area contributed by atoms with Gasteiger partial charge in [-0.05, 0) is 75.6 Å². The van der Waals surface area contributed by atoms with Crippen molar-refractivity contribution in [2.24, 2.45) is 0 Å². The lowest BCUT2D eigenvalue weighted by atomic mass is 10.1. The molecule has 7 nitrogen and oxygen atoms in total. The van der Waals surface area contributed by atoms with Gasteiger partial charge in [0, 0.05) is 43.1 Å². The largest absolute Gasteiger partial charge is 0.373 e. The molecule has 2 saturated heterocycles. The van der Waals surface area contributed by atoms with E-state index in [2.05, 4.69) is 16.3 Å². The van der Waals surface area contributed by atoms with Crippen LogP contribution in [0.25, 0.3) is 0 Å². The smallest absolute Gasteiger partial charge is 0.255 e. The molecule has 2 aromatic rings. The molecular formula is C24H30ClN3O4S. The number of hydrogen-bond acceptors (Lipinski definition) is 5. The standard InChI is InChI=1S/C24H30ClN3O4S/c1-16-12-20(27-10-4-5-11-27)7-9-22(16)26-24(29)19-6-8-21(25)23(13-19)33(30,31)28-14-17(2)32-18(3)15-28/h6-9,12-13,17-18H,4-5,10-11,14-15H2,1-3H3,(H,26,29). The van der Waals surface area contributed by atoms with Crippen LogP contribution in [0.2, 0.25) is 5.02 Å². The summed E-state index contributed by atoms with van der Waals surface area (Å²) in [6.07, 6.45) is 1.95. The summed E-state index contributed by atoms with van der Waals surface area (Å²) < 4.78 is 33.6. The van der Waals surface area contributed by atoms with Crippen molar-refractivity contribution in [1.29, 1.82) is 0 Å². The first-order chi connectivity index (χ1) is 15.6. The monoisotopic (exact) mass is 491 g/mol. The minimum absolute atomic E-state index is 0.0702. The number of ether oxygens (including phenoxy) is 1. The number of rotatable bonds is 5. The first-order valence-electron chi connectivity index (χ1n) is 11.3. The van der Waals surface area contributed by atoms with Gasteiger partial charge in [0.15, 0.2) is 0 Å². The van der Waals surface area contributed by atoms with Crippen molar-refractivity contribution in [3.8, 4) is 0 Å². The second-order valence-electron chi connectivity index (χ2n) is 8.87. The molecule has 0 aliphatic carbocycles. The minimum atomic E-state index is -3.87. The summed E-state index contributed by atoms with van der Waals surface area (Å²) in [6.45, 7) is 8.20. The van der Waals surface area contributed by atoms with Crippen LogP contribution in [0.5, 0.6) is 0 Å². The van der Waals surface area contributed by atoms with Gasteiger partial charge in [-0.1, -0.05) is 11.6 Å². The van der Waals surface area contributed by atoms with Gasteiger partial charge >= 0.3 is 0 Å². The van der Waals surface area contributed by atoms with Crippen molar-refractivity contribution in [1.82, 2.24) is 4.31 Å². The van der Waals surface area contributed by atoms with E-state index in [0.29, 0.717) is 5.69 Å². The fourth-order valence-corrected chi connectivity index (χ4v) is 6.55. The average molecular weight is 492 g/mol. The minimum Gasteiger partial charge on any atom is -0.373 e. The highest BCUT2D eigenvalue weighted by molar-refractivity contribution is 7.89. The summed E-state index contributed by atoms with van der Waals surface area (Å²) in [5.74, 6) is -0.385.